The van der Waals surface area contributed by atoms with Crippen LogP contribution < -0.4 is 0 Å². The zero-order valence-electron chi connectivity index (χ0n) is 11.8. The molecule has 1 aromatic rings. The number of Topliss-reactive ketones (excluding diaryl/α,β-unsaturated/α-hetero) is 1. The van der Waals surface area contributed by atoms with E-state index < -0.39 is 11.3 Å². The van der Waals surface area contributed by atoms with Crippen molar-refractivity contribution in [3.8, 4) is 0 Å². The molecule has 0 spiro atoms. The van der Waals surface area contributed by atoms with E-state index in [1.807, 2.05) is 0 Å². The third kappa shape index (κ3) is 7.46. The van der Waals surface area contributed by atoms with E-state index in [2.05, 4.69) is 6.92 Å². The number of ketones is 1. The van der Waals surface area contributed by atoms with E-state index in [1.165, 1.54) is 43.5 Å². The maximum atomic E-state index is 12.1. The van der Waals surface area contributed by atoms with Crippen LogP contribution in [-0.2, 0) is 0 Å². The van der Waals surface area contributed by atoms with Crippen molar-refractivity contribution in [2.24, 2.45) is 0 Å². The van der Waals surface area contributed by atoms with Crippen molar-refractivity contribution in [1.29, 1.82) is 0 Å². The van der Waals surface area contributed by atoms with Gasteiger partial charge in [-0.1, -0.05) is 51.2 Å². The second-order valence-corrected chi connectivity index (χ2v) is 5.44. The molecule has 1 N–H and O–H groups in total. The summed E-state index contributed by atoms with van der Waals surface area (Å²) in [5, 5.41) is 8.28. The molecule has 0 saturated carbocycles. The van der Waals surface area contributed by atoms with Gasteiger partial charge in [0.15, 0.2) is 5.78 Å². The van der Waals surface area contributed by atoms with Gasteiger partial charge in [0.2, 0.25) is 0 Å². The van der Waals surface area contributed by atoms with Gasteiger partial charge in [0.25, 0.3) is 0 Å². The fourth-order valence-corrected chi connectivity index (χ4v) is 2.30. The Morgan fingerprint density at radius 3 is 2.10 bits per heavy atom. The summed E-state index contributed by atoms with van der Waals surface area (Å²) in [5.41, 5.74) is 0.649. The molecule has 112 valence electrons. The van der Waals surface area contributed by atoms with Gasteiger partial charge in [0.1, 0.15) is 0 Å². The Kier molecular flexibility index (Phi) is 11.1. The van der Waals surface area contributed by atoms with E-state index in [1.54, 1.807) is 0 Å². The Morgan fingerprint density at radius 2 is 1.57 bits per heavy atom. The molecule has 1 unspecified atom stereocenters. The van der Waals surface area contributed by atoms with Gasteiger partial charge in [0.05, 0.1) is 10.9 Å². The van der Waals surface area contributed by atoms with Gasteiger partial charge in [-0.15, -0.1) is 11.6 Å². The second kappa shape index (κ2) is 11.2. The van der Waals surface area contributed by atoms with Crippen LogP contribution in [0.15, 0.2) is 24.3 Å². The number of unbranched alkanes of at least 4 members (excludes halogenated alkanes) is 4. The van der Waals surface area contributed by atoms with Gasteiger partial charge in [-0.2, -0.15) is 0 Å². The van der Waals surface area contributed by atoms with Crippen molar-refractivity contribution in [2.75, 3.05) is 0 Å². The molecule has 0 amide bonds. The molecule has 21 heavy (non-hydrogen) atoms. The number of carbonyl (C=O) groups is 2. The summed E-state index contributed by atoms with van der Waals surface area (Å²) in [7, 11) is 0. The van der Waals surface area contributed by atoms with E-state index in [4.69, 9.17) is 16.7 Å². The van der Waals surface area contributed by atoms with Gasteiger partial charge >= 0.3 is 35.5 Å². The number of rotatable bonds is 9. The average Bonchev–Trinajstić information content (AvgIpc) is 2.46. The molecular weight excluding hydrogens is 299 g/mol. The third-order valence-electron chi connectivity index (χ3n) is 3.26. The Hall–Kier alpha value is -0.350. The summed E-state index contributed by atoms with van der Waals surface area (Å²) in [5.74, 6) is -1.12. The fourth-order valence-electron chi connectivity index (χ4n) is 2.02. The summed E-state index contributed by atoms with van der Waals surface area (Å²) < 4.78 is 0. The molecular formula is C16H22ClNaO3. The molecule has 5 heteroatoms. The van der Waals surface area contributed by atoms with Gasteiger partial charge in [-0.3, -0.25) is 4.79 Å². The number of halogens is 1. The Balaban J connectivity index is 0.00000400. The zero-order chi connectivity index (χ0) is 15.0. The van der Waals surface area contributed by atoms with Crippen LogP contribution in [0.5, 0.6) is 0 Å². The molecule has 1 aromatic carbocycles. The first-order chi connectivity index (χ1) is 9.56. The number of benzene rings is 1. The number of carbonyl (C=O) groups excluding carboxylic acids is 1. The van der Waals surface area contributed by atoms with Crippen LogP contribution in [-0.4, -0.2) is 51.8 Å². The van der Waals surface area contributed by atoms with Crippen LogP contribution in [0, 0.1) is 0 Å². The van der Waals surface area contributed by atoms with E-state index in [0.717, 1.165) is 12.8 Å². The topological polar surface area (TPSA) is 54.4 Å². The van der Waals surface area contributed by atoms with Crippen LogP contribution >= 0.6 is 11.6 Å². The summed E-state index contributed by atoms with van der Waals surface area (Å²) in [6, 6.07) is 5.91. The van der Waals surface area contributed by atoms with Crippen molar-refractivity contribution in [3.63, 3.8) is 0 Å². The number of carboxylic acid groups (broad SMARTS) is 1. The first-order valence-electron chi connectivity index (χ1n) is 7.08. The zero-order valence-corrected chi connectivity index (χ0v) is 12.5. The fraction of sp³-hybridized carbons (Fsp3) is 0.500. The van der Waals surface area contributed by atoms with Gasteiger partial charge in [-0.25, -0.2) is 4.79 Å². The van der Waals surface area contributed by atoms with Crippen molar-refractivity contribution >= 4 is 52.9 Å². The molecule has 0 bridgehead atoms. The molecule has 0 heterocycles. The van der Waals surface area contributed by atoms with Gasteiger partial charge < -0.3 is 5.11 Å². The second-order valence-electron chi connectivity index (χ2n) is 4.92. The quantitative estimate of drug-likeness (QED) is 0.325. The minimum absolute atomic E-state index is 0. The van der Waals surface area contributed by atoms with Crippen molar-refractivity contribution in [3.05, 3.63) is 35.4 Å². The summed E-state index contributed by atoms with van der Waals surface area (Å²) in [6.07, 6.45) is 6.32. The van der Waals surface area contributed by atoms with Crippen molar-refractivity contribution in [2.45, 2.75) is 50.8 Å². The number of hydrogen-bond donors (Lipinski definition) is 1. The van der Waals surface area contributed by atoms with Gasteiger partial charge in [-0.05, 0) is 18.6 Å². The van der Waals surface area contributed by atoms with Gasteiger partial charge in [0, 0.05) is 5.56 Å². The standard InChI is InChI=1S/C16H21ClO3.Na.H/c1-2-3-4-5-6-7-14(17)15(18)12-8-10-13(11-9-12)16(19)20;;/h8-11,14H,2-7H2,1H3,(H,19,20);;. The molecule has 1 rings (SSSR count). The van der Waals surface area contributed by atoms with Crippen LogP contribution in [0.2, 0.25) is 0 Å². The molecule has 0 aliphatic carbocycles. The summed E-state index contributed by atoms with van der Waals surface area (Å²) in [6.45, 7) is 2.16. The van der Waals surface area contributed by atoms with E-state index in [0.29, 0.717) is 12.0 Å². The minimum atomic E-state index is -0.998. The van der Waals surface area contributed by atoms with Crippen molar-refractivity contribution in [1.82, 2.24) is 0 Å². The first kappa shape index (κ1) is 20.6. The molecule has 0 aromatic heterocycles. The molecule has 0 radical (unpaired) electrons. The number of hydrogen-bond acceptors (Lipinski definition) is 2. The van der Waals surface area contributed by atoms with Crippen LogP contribution in [0.25, 0.3) is 0 Å². The molecule has 1 atom stereocenters. The maximum absolute atomic E-state index is 12.1. The predicted octanol–water partition coefficient (Wildman–Crippen LogP) is 3.89. The Morgan fingerprint density at radius 1 is 1.05 bits per heavy atom. The van der Waals surface area contributed by atoms with E-state index in [-0.39, 0.29) is 40.9 Å². The van der Waals surface area contributed by atoms with Crippen LogP contribution in [0.4, 0.5) is 0 Å². The van der Waals surface area contributed by atoms with E-state index in [9.17, 15) is 9.59 Å². The number of carboxylic acids is 1. The normalized spacial score (nSPS) is 11.5. The monoisotopic (exact) mass is 320 g/mol. The number of alkyl halides is 1. The summed E-state index contributed by atoms with van der Waals surface area (Å²) >= 11 is 6.12. The Labute approximate surface area is 153 Å². The van der Waals surface area contributed by atoms with Crippen LogP contribution in [0.3, 0.4) is 0 Å². The first-order valence-corrected chi connectivity index (χ1v) is 7.51. The van der Waals surface area contributed by atoms with Crippen molar-refractivity contribution < 1.29 is 14.7 Å². The third-order valence-corrected chi connectivity index (χ3v) is 3.68. The number of aromatic carboxylic acids is 1. The molecule has 0 aliphatic heterocycles. The SMILES string of the molecule is CCCCCCCC(Cl)C(=O)c1ccc(C(=O)O)cc1.[NaH]. The predicted molar refractivity (Wildman–Crippen MR) is 87.9 cm³/mol. The molecule has 3 nitrogen and oxygen atoms in total. The Bertz CT molecular complexity index is 445. The van der Waals surface area contributed by atoms with Crippen LogP contribution in [0.1, 0.15) is 66.2 Å². The van der Waals surface area contributed by atoms with E-state index >= 15 is 0 Å². The average molecular weight is 321 g/mol. The molecule has 0 saturated heterocycles. The summed E-state index contributed by atoms with van der Waals surface area (Å²) in [4.78, 5) is 22.8. The molecule has 0 aliphatic rings. The molecule has 0 fully saturated rings.